The summed E-state index contributed by atoms with van der Waals surface area (Å²) in [7, 11) is 0. The lowest BCUT2D eigenvalue weighted by atomic mass is 9.92. The molecule has 0 radical (unpaired) electrons. The quantitative estimate of drug-likeness (QED) is 0.830. The number of hydrogen-bond acceptors (Lipinski definition) is 4. The van der Waals surface area contributed by atoms with Crippen molar-refractivity contribution in [2.24, 2.45) is 5.73 Å². The molecule has 154 valence electrons. The Morgan fingerprint density at radius 3 is 2.00 bits per heavy atom. The largest absolute Gasteiger partial charge is 0.446 e. The van der Waals surface area contributed by atoms with Crippen LogP contribution in [0.15, 0.2) is 60.7 Å². The van der Waals surface area contributed by atoms with Crippen molar-refractivity contribution in [1.82, 2.24) is 9.80 Å². The number of benzene rings is 2. The lowest BCUT2D eigenvalue weighted by Crippen LogP contribution is -2.51. The molecular weight excluding hydrogens is 362 g/mol. The fraction of sp³-hybridized carbons (Fsp3) is 0.458. The minimum atomic E-state index is -0.153. The summed E-state index contributed by atoms with van der Waals surface area (Å²) in [4.78, 5) is 16.8. The maximum atomic E-state index is 12.5. The van der Waals surface area contributed by atoms with Gasteiger partial charge in [-0.25, -0.2) is 4.79 Å². The molecule has 2 aliphatic rings. The maximum Gasteiger partial charge on any atom is 0.410 e. The number of piperazine rings is 1. The molecule has 1 aliphatic heterocycles. The SMILES string of the molecule is N[C@@H](c1ccccc1)[C@@H](c1ccccc1)N1CCN(C(=O)OC2CCCC2)CC1. The van der Waals surface area contributed by atoms with E-state index in [9.17, 15) is 4.79 Å². The summed E-state index contributed by atoms with van der Waals surface area (Å²) in [5.41, 5.74) is 9.10. The van der Waals surface area contributed by atoms with Crippen molar-refractivity contribution in [1.29, 1.82) is 0 Å². The minimum absolute atomic E-state index is 0.0756. The smallest absolute Gasteiger partial charge is 0.410 e. The zero-order valence-electron chi connectivity index (χ0n) is 17.0. The Morgan fingerprint density at radius 2 is 1.41 bits per heavy atom. The Hall–Kier alpha value is -2.37. The minimum Gasteiger partial charge on any atom is -0.446 e. The Balaban J connectivity index is 1.44. The first-order chi connectivity index (χ1) is 14.2. The Morgan fingerprint density at radius 1 is 0.862 bits per heavy atom. The van der Waals surface area contributed by atoms with Gasteiger partial charge in [0, 0.05) is 32.2 Å². The van der Waals surface area contributed by atoms with Crippen molar-refractivity contribution in [2.45, 2.75) is 43.9 Å². The lowest BCUT2D eigenvalue weighted by Gasteiger charge is -2.41. The van der Waals surface area contributed by atoms with E-state index in [1.807, 2.05) is 29.2 Å². The Bertz CT molecular complexity index is 769. The predicted octanol–water partition coefficient (Wildman–Crippen LogP) is 4.12. The number of amides is 1. The summed E-state index contributed by atoms with van der Waals surface area (Å²) in [6, 6.07) is 20.7. The third-order valence-electron chi connectivity index (χ3n) is 6.20. The van der Waals surface area contributed by atoms with Gasteiger partial charge in [0.1, 0.15) is 6.10 Å². The summed E-state index contributed by atoms with van der Waals surface area (Å²) in [5, 5.41) is 0. The number of nitrogens with two attached hydrogens (primary N) is 1. The molecule has 1 saturated carbocycles. The van der Waals surface area contributed by atoms with Crippen LogP contribution in [-0.4, -0.2) is 48.2 Å². The normalized spacial score (nSPS) is 20.4. The van der Waals surface area contributed by atoms with Crippen LogP contribution in [0.3, 0.4) is 0 Å². The maximum absolute atomic E-state index is 12.5. The van der Waals surface area contributed by atoms with Crippen molar-refractivity contribution >= 4 is 6.09 Å². The number of hydrogen-bond donors (Lipinski definition) is 1. The van der Waals surface area contributed by atoms with Crippen LogP contribution in [0.5, 0.6) is 0 Å². The molecule has 2 aromatic carbocycles. The molecule has 2 N–H and O–H groups in total. The van der Waals surface area contributed by atoms with Gasteiger partial charge in [0.05, 0.1) is 6.04 Å². The summed E-state index contributed by atoms with van der Waals surface area (Å²) < 4.78 is 5.69. The second-order valence-electron chi connectivity index (χ2n) is 8.11. The third kappa shape index (κ3) is 4.80. The summed E-state index contributed by atoms with van der Waals surface area (Å²) in [6.45, 7) is 2.94. The molecule has 1 saturated heterocycles. The molecule has 0 bridgehead atoms. The van der Waals surface area contributed by atoms with Gasteiger partial charge in [0.2, 0.25) is 0 Å². The van der Waals surface area contributed by atoms with Crippen LogP contribution >= 0.6 is 0 Å². The van der Waals surface area contributed by atoms with Crippen molar-refractivity contribution in [2.75, 3.05) is 26.2 Å². The average molecular weight is 394 g/mol. The van der Waals surface area contributed by atoms with Gasteiger partial charge in [-0.15, -0.1) is 0 Å². The highest BCUT2D eigenvalue weighted by molar-refractivity contribution is 5.68. The van der Waals surface area contributed by atoms with Gasteiger partial charge in [-0.3, -0.25) is 4.90 Å². The molecule has 2 fully saturated rings. The lowest BCUT2D eigenvalue weighted by molar-refractivity contribution is 0.0374. The van der Waals surface area contributed by atoms with Crippen LogP contribution in [0.4, 0.5) is 4.79 Å². The fourth-order valence-electron chi connectivity index (χ4n) is 4.56. The van der Waals surface area contributed by atoms with Crippen LogP contribution in [0.2, 0.25) is 0 Å². The molecule has 5 nitrogen and oxygen atoms in total. The predicted molar refractivity (Wildman–Crippen MR) is 114 cm³/mol. The first-order valence-electron chi connectivity index (χ1n) is 10.8. The first kappa shape index (κ1) is 19.9. The number of carbonyl (C=O) groups is 1. The van der Waals surface area contributed by atoms with E-state index in [4.69, 9.17) is 10.5 Å². The molecule has 0 aromatic heterocycles. The molecule has 29 heavy (non-hydrogen) atoms. The highest BCUT2D eigenvalue weighted by Crippen LogP contribution is 2.33. The molecule has 0 unspecified atom stereocenters. The number of ether oxygens (including phenoxy) is 1. The van der Waals surface area contributed by atoms with Crippen molar-refractivity contribution in [3.05, 3.63) is 71.8 Å². The van der Waals surface area contributed by atoms with E-state index in [-0.39, 0.29) is 24.3 Å². The van der Waals surface area contributed by atoms with Gasteiger partial charge in [-0.1, -0.05) is 60.7 Å². The molecule has 0 spiro atoms. The highest BCUT2D eigenvalue weighted by atomic mass is 16.6. The van der Waals surface area contributed by atoms with Crippen LogP contribution in [0.1, 0.15) is 48.9 Å². The second-order valence-corrected chi connectivity index (χ2v) is 8.11. The van der Waals surface area contributed by atoms with Crippen molar-refractivity contribution in [3.63, 3.8) is 0 Å². The Labute approximate surface area is 173 Å². The molecular formula is C24H31N3O2. The third-order valence-corrected chi connectivity index (χ3v) is 6.20. The van der Waals surface area contributed by atoms with Crippen molar-refractivity contribution < 1.29 is 9.53 Å². The van der Waals surface area contributed by atoms with E-state index in [0.717, 1.165) is 31.5 Å². The number of nitrogens with zero attached hydrogens (tertiary/aromatic N) is 2. The van der Waals surface area contributed by atoms with E-state index in [1.54, 1.807) is 0 Å². The van der Waals surface area contributed by atoms with E-state index < -0.39 is 0 Å². The number of rotatable bonds is 5. The summed E-state index contributed by atoms with van der Waals surface area (Å²) >= 11 is 0. The molecule has 2 aromatic rings. The van der Waals surface area contributed by atoms with Gasteiger partial charge in [0.25, 0.3) is 0 Å². The number of carbonyl (C=O) groups excluding carboxylic acids is 1. The monoisotopic (exact) mass is 393 g/mol. The van der Waals surface area contributed by atoms with E-state index in [0.29, 0.717) is 13.1 Å². The van der Waals surface area contributed by atoms with E-state index in [1.165, 1.54) is 18.4 Å². The fourth-order valence-corrected chi connectivity index (χ4v) is 4.56. The Kier molecular flexibility index (Phi) is 6.47. The van der Waals surface area contributed by atoms with E-state index >= 15 is 0 Å². The van der Waals surface area contributed by atoms with Crippen LogP contribution in [0.25, 0.3) is 0 Å². The average Bonchev–Trinajstić information content (AvgIpc) is 3.29. The van der Waals surface area contributed by atoms with Gasteiger partial charge in [0.15, 0.2) is 0 Å². The zero-order chi connectivity index (χ0) is 20.1. The van der Waals surface area contributed by atoms with Crippen LogP contribution in [0, 0.1) is 0 Å². The standard InChI is InChI=1S/C24H31N3O2/c25-22(19-9-3-1-4-10-19)23(20-11-5-2-6-12-20)26-15-17-27(18-16-26)24(28)29-21-13-7-8-14-21/h1-6,9-12,21-23H,7-8,13-18,25H2/t22-,23+/m0/s1. The van der Waals surface area contributed by atoms with Gasteiger partial charge < -0.3 is 15.4 Å². The van der Waals surface area contributed by atoms with Gasteiger partial charge >= 0.3 is 6.09 Å². The summed E-state index contributed by atoms with van der Waals surface area (Å²) in [5.74, 6) is 0. The molecule has 1 heterocycles. The molecule has 1 amide bonds. The van der Waals surface area contributed by atoms with Gasteiger partial charge in [-0.2, -0.15) is 0 Å². The molecule has 4 rings (SSSR count). The molecule has 2 atom stereocenters. The summed E-state index contributed by atoms with van der Waals surface area (Å²) in [6.07, 6.45) is 4.31. The van der Waals surface area contributed by atoms with Crippen molar-refractivity contribution in [3.8, 4) is 0 Å². The van der Waals surface area contributed by atoms with E-state index in [2.05, 4.69) is 41.3 Å². The second kappa shape index (κ2) is 9.42. The van der Waals surface area contributed by atoms with Crippen LogP contribution in [-0.2, 0) is 4.74 Å². The van der Waals surface area contributed by atoms with Crippen LogP contribution < -0.4 is 5.73 Å². The molecule has 5 heteroatoms. The topological polar surface area (TPSA) is 58.8 Å². The van der Waals surface area contributed by atoms with Gasteiger partial charge in [-0.05, 0) is 36.8 Å². The first-order valence-corrected chi connectivity index (χ1v) is 10.8. The molecule has 1 aliphatic carbocycles. The highest BCUT2D eigenvalue weighted by Gasteiger charge is 2.32. The zero-order valence-corrected chi connectivity index (χ0v) is 17.0.